The van der Waals surface area contributed by atoms with Crippen molar-refractivity contribution in [2.24, 2.45) is 11.7 Å². The second-order valence-corrected chi connectivity index (χ2v) is 4.83. The van der Waals surface area contributed by atoms with Crippen molar-refractivity contribution in [2.45, 2.75) is 18.9 Å². The Morgan fingerprint density at radius 2 is 2.35 bits per heavy atom. The van der Waals surface area contributed by atoms with Crippen LogP contribution in [0.25, 0.3) is 0 Å². The van der Waals surface area contributed by atoms with Crippen molar-refractivity contribution < 1.29 is 9.47 Å². The number of nitrogens with two attached hydrogens (primary N) is 1. The van der Waals surface area contributed by atoms with Gasteiger partial charge in [-0.25, -0.2) is 0 Å². The molecule has 2 unspecified atom stereocenters. The summed E-state index contributed by atoms with van der Waals surface area (Å²) in [6.07, 6.45) is 2.16. The van der Waals surface area contributed by atoms with Crippen LogP contribution < -0.4 is 10.5 Å². The fourth-order valence-electron chi connectivity index (χ4n) is 2.27. The Labute approximate surface area is 107 Å². The maximum absolute atomic E-state index is 6.30. The molecular weight excluding hydrogens is 238 g/mol. The number of ether oxygens (including phenoxy) is 2. The molecule has 1 saturated heterocycles. The van der Waals surface area contributed by atoms with Crippen LogP contribution in [0.4, 0.5) is 0 Å². The van der Waals surface area contributed by atoms with Crippen LogP contribution in [0.2, 0.25) is 5.02 Å². The Morgan fingerprint density at radius 3 is 3.00 bits per heavy atom. The van der Waals surface area contributed by atoms with Crippen LogP contribution in [0, 0.1) is 5.92 Å². The van der Waals surface area contributed by atoms with Crippen LogP contribution in [0.5, 0.6) is 5.75 Å². The predicted molar refractivity (Wildman–Crippen MR) is 68.5 cm³/mol. The van der Waals surface area contributed by atoms with Crippen molar-refractivity contribution in [3.8, 4) is 5.75 Å². The summed E-state index contributed by atoms with van der Waals surface area (Å²) in [5, 5.41) is 0.688. The van der Waals surface area contributed by atoms with Crippen LogP contribution in [0.1, 0.15) is 24.4 Å². The molecule has 94 valence electrons. The number of benzene rings is 1. The van der Waals surface area contributed by atoms with Crippen LogP contribution in [0.15, 0.2) is 18.2 Å². The first kappa shape index (κ1) is 12.7. The van der Waals surface area contributed by atoms with E-state index in [1.54, 1.807) is 7.11 Å². The molecule has 17 heavy (non-hydrogen) atoms. The van der Waals surface area contributed by atoms with Gasteiger partial charge in [0.05, 0.1) is 13.7 Å². The number of methoxy groups -OCH3 is 1. The first-order chi connectivity index (χ1) is 8.22. The smallest absolute Gasteiger partial charge is 0.123 e. The second-order valence-electron chi connectivity index (χ2n) is 4.39. The Bertz CT molecular complexity index is 378. The molecule has 1 aliphatic heterocycles. The van der Waals surface area contributed by atoms with Gasteiger partial charge in [-0.15, -0.1) is 0 Å². The van der Waals surface area contributed by atoms with Crippen molar-refractivity contribution in [3.63, 3.8) is 0 Å². The third-order valence-electron chi connectivity index (χ3n) is 3.25. The normalized spacial score (nSPS) is 22.2. The molecule has 0 aliphatic carbocycles. The van der Waals surface area contributed by atoms with Crippen LogP contribution >= 0.6 is 11.6 Å². The average Bonchev–Trinajstić information content (AvgIpc) is 2.39. The Kier molecular flexibility index (Phi) is 4.26. The van der Waals surface area contributed by atoms with E-state index in [1.807, 2.05) is 18.2 Å². The van der Waals surface area contributed by atoms with E-state index in [2.05, 4.69) is 0 Å². The molecule has 0 amide bonds. The highest BCUT2D eigenvalue weighted by molar-refractivity contribution is 6.30. The van der Waals surface area contributed by atoms with Crippen molar-refractivity contribution in [2.75, 3.05) is 20.3 Å². The van der Waals surface area contributed by atoms with Gasteiger partial charge in [-0.3, -0.25) is 0 Å². The van der Waals surface area contributed by atoms with Crippen molar-refractivity contribution in [3.05, 3.63) is 28.8 Å². The lowest BCUT2D eigenvalue weighted by atomic mass is 9.89. The summed E-state index contributed by atoms with van der Waals surface area (Å²) in [7, 11) is 1.65. The van der Waals surface area contributed by atoms with Gasteiger partial charge < -0.3 is 15.2 Å². The number of rotatable bonds is 3. The van der Waals surface area contributed by atoms with Gasteiger partial charge in [0, 0.05) is 29.2 Å². The lowest BCUT2D eigenvalue weighted by Crippen LogP contribution is -2.29. The predicted octanol–water partition coefficient (Wildman–Crippen LogP) is 2.78. The molecule has 4 heteroatoms. The van der Waals surface area contributed by atoms with E-state index in [0.29, 0.717) is 10.9 Å². The maximum Gasteiger partial charge on any atom is 0.123 e. The molecular formula is C13H18ClNO2. The van der Waals surface area contributed by atoms with Crippen LogP contribution in [-0.4, -0.2) is 20.3 Å². The molecule has 1 fully saturated rings. The molecule has 1 aromatic carbocycles. The van der Waals surface area contributed by atoms with E-state index < -0.39 is 0 Å². The summed E-state index contributed by atoms with van der Waals surface area (Å²) in [6, 6.07) is 5.48. The van der Waals surface area contributed by atoms with Gasteiger partial charge in [-0.1, -0.05) is 11.6 Å². The SMILES string of the molecule is COc1ccc(Cl)cc1C(N)C1CCCOC1. The van der Waals surface area contributed by atoms with E-state index in [0.717, 1.165) is 37.4 Å². The first-order valence-electron chi connectivity index (χ1n) is 5.89. The van der Waals surface area contributed by atoms with Gasteiger partial charge in [0.1, 0.15) is 5.75 Å². The summed E-state index contributed by atoms with van der Waals surface area (Å²) in [5.74, 6) is 1.14. The molecule has 1 aromatic rings. The molecule has 0 aromatic heterocycles. The third-order valence-corrected chi connectivity index (χ3v) is 3.49. The molecule has 1 aliphatic rings. The van der Waals surface area contributed by atoms with Gasteiger partial charge in [0.25, 0.3) is 0 Å². The zero-order valence-electron chi connectivity index (χ0n) is 9.99. The molecule has 2 atom stereocenters. The van der Waals surface area contributed by atoms with E-state index in [4.69, 9.17) is 26.8 Å². The van der Waals surface area contributed by atoms with Crippen molar-refractivity contribution in [1.82, 2.24) is 0 Å². The van der Waals surface area contributed by atoms with Gasteiger partial charge in [-0.05, 0) is 31.0 Å². The lowest BCUT2D eigenvalue weighted by molar-refractivity contribution is 0.0445. The minimum Gasteiger partial charge on any atom is -0.496 e. The average molecular weight is 256 g/mol. The van der Waals surface area contributed by atoms with Gasteiger partial charge in [-0.2, -0.15) is 0 Å². The van der Waals surface area contributed by atoms with Crippen molar-refractivity contribution in [1.29, 1.82) is 0 Å². The minimum atomic E-state index is -0.0797. The monoisotopic (exact) mass is 255 g/mol. The largest absolute Gasteiger partial charge is 0.496 e. The summed E-state index contributed by atoms with van der Waals surface area (Å²) < 4.78 is 10.8. The van der Waals surface area contributed by atoms with Gasteiger partial charge >= 0.3 is 0 Å². The van der Waals surface area contributed by atoms with E-state index in [1.165, 1.54) is 0 Å². The fraction of sp³-hybridized carbons (Fsp3) is 0.538. The molecule has 0 bridgehead atoms. The molecule has 2 N–H and O–H groups in total. The minimum absolute atomic E-state index is 0.0797. The highest BCUT2D eigenvalue weighted by Gasteiger charge is 2.24. The third kappa shape index (κ3) is 2.92. The lowest BCUT2D eigenvalue weighted by Gasteiger charge is -2.28. The van der Waals surface area contributed by atoms with E-state index in [9.17, 15) is 0 Å². The Balaban J connectivity index is 2.21. The molecule has 3 nitrogen and oxygen atoms in total. The van der Waals surface area contributed by atoms with E-state index in [-0.39, 0.29) is 6.04 Å². The zero-order valence-corrected chi connectivity index (χ0v) is 10.7. The summed E-state index contributed by atoms with van der Waals surface area (Å²) in [4.78, 5) is 0. The topological polar surface area (TPSA) is 44.5 Å². The Morgan fingerprint density at radius 1 is 1.53 bits per heavy atom. The molecule has 0 spiro atoms. The molecule has 2 rings (SSSR count). The molecule has 1 heterocycles. The van der Waals surface area contributed by atoms with Crippen LogP contribution in [-0.2, 0) is 4.74 Å². The van der Waals surface area contributed by atoms with E-state index >= 15 is 0 Å². The quantitative estimate of drug-likeness (QED) is 0.903. The fourth-order valence-corrected chi connectivity index (χ4v) is 2.45. The number of hydrogen-bond donors (Lipinski definition) is 1. The standard InChI is InChI=1S/C13H18ClNO2/c1-16-12-5-4-10(14)7-11(12)13(15)9-3-2-6-17-8-9/h4-5,7,9,13H,2-3,6,8,15H2,1H3. The highest BCUT2D eigenvalue weighted by Crippen LogP contribution is 2.33. The second kappa shape index (κ2) is 5.71. The zero-order chi connectivity index (χ0) is 12.3. The highest BCUT2D eigenvalue weighted by atomic mass is 35.5. The summed E-state index contributed by atoms with van der Waals surface area (Å²) in [5.41, 5.74) is 7.26. The van der Waals surface area contributed by atoms with Crippen molar-refractivity contribution >= 4 is 11.6 Å². The summed E-state index contributed by atoms with van der Waals surface area (Å²) in [6.45, 7) is 1.56. The van der Waals surface area contributed by atoms with Gasteiger partial charge in [0.2, 0.25) is 0 Å². The summed E-state index contributed by atoms with van der Waals surface area (Å²) >= 11 is 6.01. The van der Waals surface area contributed by atoms with Gasteiger partial charge in [0.15, 0.2) is 0 Å². The van der Waals surface area contributed by atoms with Crippen LogP contribution in [0.3, 0.4) is 0 Å². The number of hydrogen-bond acceptors (Lipinski definition) is 3. The maximum atomic E-state index is 6.30. The number of halogens is 1. The first-order valence-corrected chi connectivity index (χ1v) is 6.27. The molecule has 0 saturated carbocycles. The molecule has 0 radical (unpaired) electrons. The Hall–Kier alpha value is -0.770.